The van der Waals surface area contributed by atoms with Gasteiger partial charge in [0.15, 0.2) is 5.82 Å². The molecule has 9 nitrogen and oxygen atoms in total. The molecule has 0 bridgehead atoms. The number of fused-ring (bicyclic) bond motifs is 3. The van der Waals surface area contributed by atoms with Gasteiger partial charge in [-0.3, -0.25) is 9.69 Å². The number of rotatable bonds is 6. The highest BCUT2D eigenvalue weighted by molar-refractivity contribution is 7.23. The number of halogens is 3. The molecule has 0 spiro atoms. The number of benzene rings is 2. The Morgan fingerprint density at radius 2 is 1.98 bits per heavy atom. The van der Waals surface area contributed by atoms with E-state index < -0.39 is 11.6 Å². The number of nitrogen functional groups attached to an aromatic ring is 1. The van der Waals surface area contributed by atoms with Crippen LogP contribution in [0, 0.1) is 23.0 Å². The second kappa shape index (κ2) is 11.9. The van der Waals surface area contributed by atoms with E-state index in [-0.39, 0.29) is 71.9 Å². The SMILES string of the molecule is C=CC(=O)N1C[C@H](C)N(c2nc(OCC34CCCN3CCC4)nc3c(F)c(-c4ccc(F)c5sc(N)c(C#N)c45)c(Cl)cc23)C[C@H]1C. The van der Waals surface area contributed by atoms with Gasteiger partial charge in [-0.2, -0.15) is 15.2 Å². The summed E-state index contributed by atoms with van der Waals surface area (Å²) in [5.74, 6) is -1.03. The number of piperazine rings is 1. The summed E-state index contributed by atoms with van der Waals surface area (Å²) in [5.41, 5.74) is 6.26. The molecule has 1 amide bonds. The smallest absolute Gasteiger partial charge is 0.319 e. The molecule has 13 heteroatoms. The molecule has 0 saturated carbocycles. The first kappa shape index (κ1) is 31.5. The van der Waals surface area contributed by atoms with E-state index in [0.717, 1.165) is 50.1 Å². The molecule has 0 unspecified atom stereocenters. The minimum Gasteiger partial charge on any atom is -0.461 e. The number of ether oxygens (including phenoxy) is 1. The summed E-state index contributed by atoms with van der Waals surface area (Å²) in [7, 11) is 0. The fourth-order valence-electron chi connectivity index (χ4n) is 7.70. The van der Waals surface area contributed by atoms with E-state index >= 15 is 4.39 Å². The van der Waals surface area contributed by atoms with Crippen LogP contribution in [0.3, 0.4) is 0 Å². The fraction of sp³-hybridized carbons (Fsp3) is 0.412. The molecule has 2 aromatic carbocycles. The molecule has 3 fully saturated rings. The van der Waals surface area contributed by atoms with E-state index in [1.165, 1.54) is 18.2 Å². The van der Waals surface area contributed by atoms with Crippen LogP contribution in [0.25, 0.3) is 32.1 Å². The summed E-state index contributed by atoms with van der Waals surface area (Å²) < 4.78 is 38.4. The van der Waals surface area contributed by atoms with Crippen molar-refractivity contribution in [1.82, 2.24) is 19.8 Å². The van der Waals surface area contributed by atoms with Crippen LogP contribution in [-0.2, 0) is 4.79 Å². The van der Waals surface area contributed by atoms with Crippen molar-refractivity contribution in [3.8, 4) is 23.2 Å². The number of thiophene rings is 1. The number of nitriles is 1. The summed E-state index contributed by atoms with van der Waals surface area (Å²) in [4.78, 5) is 28.3. The maximum Gasteiger partial charge on any atom is 0.319 e. The number of hydrogen-bond donors (Lipinski definition) is 1. The third kappa shape index (κ3) is 5.07. The van der Waals surface area contributed by atoms with Crippen LogP contribution in [0.5, 0.6) is 6.01 Å². The predicted octanol–water partition coefficient (Wildman–Crippen LogP) is 6.52. The van der Waals surface area contributed by atoms with Crippen molar-refractivity contribution >= 4 is 60.7 Å². The Kier molecular flexibility index (Phi) is 7.97. The van der Waals surface area contributed by atoms with Gasteiger partial charge in [-0.05, 0) is 76.4 Å². The summed E-state index contributed by atoms with van der Waals surface area (Å²) in [6, 6.07) is 5.95. The highest BCUT2D eigenvalue weighted by Crippen LogP contribution is 2.46. The maximum absolute atomic E-state index is 17.0. The molecule has 0 aliphatic carbocycles. The number of hydrogen-bond acceptors (Lipinski definition) is 9. The lowest BCUT2D eigenvalue weighted by Gasteiger charge is -2.44. The number of nitrogens with zero attached hydrogens (tertiary/aromatic N) is 6. The van der Waals surface area contributed by atoms with Crippen LogP contribution in [0.15, 0.2) is 30.9 Å². The van der Waals surface area contributed by atoms with Crippen LogP contribution >= 0.6 is 22.9 Å². The average Bonchev–Trinajstić information content (AvgIpc) is 3.74. The van der Waals surface area contributed by atoms with Gasteiger partial charge in [0.1, 0.15) is 34.8 Å². The molecule has 244 valence electrons. The molecule has 3 aliphatic heterocycles. The third-order valence-corrected chi connectivity index (χ3v) is 11.4. The van der Waals surface area contributed by atoms with Gasteiger partial charge in [0.25, 0.3) is 0 Å². The zero-order valence-electron chi connectivity index (χ0n) is 26.2. The Morgan fingerprint density at radius 1 is 1.23 bits per heavy atom. The standard InChI is InChI=1S/C34H34ClF2N7O2S/c1-4-25(45)43-15-19(3)44(16-18(43)2)32-21-13-23(35)27(20-7-8-24(36)30-26(20)22(14-38)31(39)47-30)28(37)29(21)40-33(41-32)46-17-34-9-5-11-42(34)12-6-10-34/h4,7-8,13,18-19H,1,5-6,9-12,15-17,39H2,2-3H3/t18-,19+/m1/s1. The fourth-order valence-corrected chi connectivity index (χ4v) is 8.95. The molecule has 2 N–H and O–H groups in total. The molecule has 4 aromatic rings. The van der Waals surface area contributed by atoms with E-state index in [1.807, 2.05) is 24.8 Å². The third-order valence-electron chi connectivity index (χ3n) is 10.0. The Hall–Kier alpha value is -4.05. The first-order valence-electron chi connectivity index (χ1n) is 15.7. The molecule has 7 rings (SSSR count). The van der Waals surface area contributed by atoms with Crippen molar-refractivity contribution in [3.63, 3.8) is 0 Å². The maximum atomic E-state index is 17.0. The number of amides is 1. The number of anilines is 2. The number of carbonyl (C=O) groups is 1. The normalized spacial score (nSPS) is 20.9. The van der Waals surface area contributed by atoms with Crippen LogP contribution in [0.4, 0.5) is 19.6 Å². The summed E-state index contributed by atoms with van der Waals surface area (Å²) in [6.07, 6.45) is 5.52. The van der Waals surface area contributed by atoms with Gasteiger partial charge in [0.05, 0.1) is 20.8 Å². The second-order valence-corrected chi connectivity index (χ2v) is 14.2. The van der Waals surface area contributed by atoms with E-state index in [9.17, 15) is 14.4 Å². The van der Waals surface area contributed by atoms with Crippen LogP contribution < -0.4 is 15.4 Å². The lowest BCUT2D eigenvalue weighted by molar-refractivity contribution is -0.128. The van der Waals surface area contributed by atoms with Gasteiger partial charge in [0.2, 0.25) is 5.91 Å². The zero-order chi connectivity index (χ0) is 33.2. The van der Waals surface area contributed by atoms with Crippen LogP contribution in [-0.4, -0.2) is 76.1 Å². The van der Waals surface area contributed by atoms with Crippen molar-refractivity contribution in [1.29, 1.82) is 5.26 Å². The molecule has 2 atom stereocenters. The quantitative estimate of drug-likeness (QED) is 0.230. The van der Waals surface area contributed by atoms with Crippen molar-refractivity contribution in [2.24, 2.45) is 0 Å². The van der Waals surface area contributed by atoms with E-state index in [2.05, 4.69) is 16.5 Å². The molecule has 5 heterocycles. The van der Waals surface area contributed by atoms with E-state index in [0.29, 0.717) is 30.9 Å². The molecule has 3 saturated heterocycles. The minimum absolute atomic E-state index is 0.0137. The Bertz CT molecular complexity index is 1990. The van der Waals surface area contributed by atoms with Crippen molar-refractivity contribution < 1.29 is 18.3 Å². The largest absolute Gasteiger partial charge is 0.461 e. The summed E-state index contributed by atoms with van der Waals surface area (Å²) in [5, 5.41) is 10.6. The first-order chi connectivity index (χ1) is 22.6. The first-order valence-corrected chi connectivity index (χ1v) is 16.9. The molecule has 0 radical (unpaired) electrons. The van der Waals surface area contributed by atoms with Gasteiger partial charge < -0.3 is 20.3 Å². The molecule has 3 aliphatic rings. The summed E-state index contributed by atoms with van der Waals surface area (Å²) in [6.45, 7) is 10.8. The highest BCUT2D eigenvalue weighted by Gasteiger charge is 2.45. The Balaban J connectivity index is 1.40. The topological polar surface area (TPSA) is 112 Å². The number of aromatic nitrogens is 2. The van der Waals surface area contributed by atoms with Crippen molar-refractivity contribution in [2.75, 3.05) is 43.4 Å². The van der Waals surface area contributed by atoms with E-state index in [4.69, 9.17) is 27.1 Å². The second-order valence-electron chi connectivity index (χ2n) is 12.8. The van der Waals surface area contributed by atoms with Gasteiger partial charge in [-0.25, -0.2) is 8.78 Å². The average molecular weight is 678 g/mol. The van der Waals surface area contributed by atoms with E-state index in [1.54, 1.807) is 11.0 Å². The Morgan fingerprint density at radius 3 is 2.68 bits per heavy atom. The van der Waals surface area contributed by atoms with Crippen LogP contribution in [0.2, 0.25) is 5.02 Å². The number of nitrogens with two attached hydrogens (primary N) is 1. The Labute approximate surface area is 280 Å². The monoisotopic (exact) mass is 677 g/mol. The van der Waals surface area contributed by atoms with Crippen molar-refractivity contribution in [3.05, 3.63) is 53.1 Å². The van der Waals surface area contributed by atoms with Gasteiger partial charge in [-0.15, -0.1) is 11.3 Å². The lowest BCUT2D eigenvalue weighted by Crippen LogP contribution is -2.58. The van der Waals surface area contributed by atoms with Gasteiger partial charge in [0, 0.05) is 41.5 Å². The van der Waals surface area contributed by atoms with Crippen molar-refractivity contribution in [2.45, 2.75) is 57.2 Å². The zero-order valence-corrected chi connectivity index (χ0v) is 27.7. The molecular formula is C34H34ClF2N7O2S. The molecule has 47 heavy (non-hydrogen) atoms. The predicted molar refractivity (Wildman–Crippen MR) is 181 cm³/mol. The molecular weight excluding hydrogens is 644 g/mol. The lowest BCUT2D eigenvalue weighted by atomic mass is 9.95. The van der Waals surface area contributed by atoms with Crippen LogP contribution in [0.1, 0.15) is 45.1 Å². The summed E-state index contributed by atoms with van der Waals surface area (Å²) >= 11 is 7.80. The molecule has 2 aromatic heterocycles. The van der Waals surface area contributed by atoms with Gasteiger partial charge in [-0.1, -0.05) is 24.2 Å². The minimum atomic E-state index is -0.745. The number of carbonyl (C=O) groups excluding carboxylic acids is 1. The van der Waals surface area contributed by atoms with Gasteiger partial charge >= 0.3 is 6.01 Å². The highest BCUT2D eigenvalue weighted by atomic mass is 35.5.